The summed E-state index contributed by atoms with van der Waals surface area (Å²) in [7, 11) is 0. The van der Waals surface area contributed by atoms with Crippen molar-refractivity contribution in [3.8, 4) is 22.5 Å². The van der Waals surface area contributed by atoms with Crippen LogP contribution in [-0.4, -0.2) is 32.5 Å². The maximum Gasteiger partial charge on any atom is 0.215 e. The molecule has 1 aromatic carbocycles. The molecule has 0 N–H and O–H groups in total. The Morgan fingerprint density at radius 1 is 1.07 bits per heavy atom. The van der Waals surface area contributed by atoms with E-state index < -0.39 is 0 Å². The van der Waals surface area contributed by atoms with Crippen molar-refractivity contribution in [2.45, 2.75) is 20.8 Å². The fourth-order valence-electron chi connectivity index (χ4n) is 3.36. The van der Waals surface area contributed by atoms with Crippen LogP contribution in [0.5, 0.6) is 0 Å². The normalized spacial score (nSPS) is 11.6. The van der Waals surface area contributed by atoms with Gasteiger partial charge in [-0.2, -0.15) is 5.10 Å². The third-order valence-electron chi connectivity index (χ3n) is 4.60. The van der Waals surface area contributed by atoms with Crippen molar-refractivity contribution in [1.29, 1.82) is 0 Å². The third-order valence-corrected chi connectivity index (χ3v) is 4.60. The first-order valence-electron chi connectivity index (χ1n) is 9.64. The highest BCUT2D eigenvalue weighted by Gasteiger charge is 2.21. The maximum absolute atomic E-state index is 13.5. The van der Waals surface area contributed by atoms with Crippen molar-refractivity contribution in [2.24, 2.45) is 5.41 Å². The summed E-state index contributed by atoms with van der Waals surface area (Å²) in [5.74, 6) is 0.241. The molecule has 0 aliphatic heterocycles. The number of carbonyl (C=O) groups is 1. The topological polar surface area (TPSA) is 63.4 Å². The van der Waals surface area contributed by atoms with Crippen LogP contribution in [0.15, 0.2) is 60.9 Å². The van der Waals surface area contributed by atoms with Crippen LogP contribution in [0, 0.1) is 11.2 Å². The van der Waals surface area contributed by atoms with E-state index in [1.807, 2.05) is 24.3 Å². The average Bonchev–Trinajstić information content (AvgIpc) is 3.11. The molecule has 0 bridgehead atoms. The molecule has 4 rings (SSSR count). The van der Waals surface area contributed by atoms with Gasteiger partial charge in [0.2, 0.25) is 6.41 Å². The fourth-order valence-corrected chi connectivity index (χ4v) is 3.36. The van der Waals surface area contributed by atoms with Crippen molar-refractivity contribution >= 4 is 17.9 Å². The molecular weight excluding hydrogens is 381 g/mol. The van der Waals surface area contributed by atoms with E-state index in [2.05, 4.69) is 30.9 Å². The van der Waals surface area contributed by atoms with Gasteiger partial charge in [-0.15, -0.1) is 0 Å². The lowest BCUT2D eigenvalue weighted by Crippen LogP contribution is -2.32. The highest BCUT2D eigenvalue weighted by molar-refractivity contribution is 5.83. The van der Waals surface area contributed by atoms with E-state index in [-0.39, 0.29) is 11.2 Å². The van der Waals surface area contributed by atoms with Gasteiger partial charge >= 0.3 is 0 Å². The lowest BCUT2D eigenvalue weighted by molar-refractivity contribution is -0.107. The molecule has 0 saturated carbocycles. The molecule has 0 aliphatic carbocycles. The lowest BCUT2D eigenvalue weighted by atomic mass is 9.96. The first kappa shape index (κ1) is 19.7. The molecule has 0 unspecified atom stereocenters. The zero-order valence-corrected chi connectivity index (χ0v) is 17.1. The monoisotopic (exact) mass is 403 g/mol. The zero-order chi connectivity index (χ0) is 21.3. The third kappa shape index (κ3) is 3.91. The Bertz CT molecular complexity index is 1190. The van der Waals surface area contributed by atoms with E-state index in [4.69, 9.17) is 4.98 Å². The number of aromatic nitrogens is 4. The molecule has 0 aliphatic rings. The number of halogens is 1. The summed E-state index contributed by atoms with van der Waals surface area (Å²) in [5, 5.41) is 4.45. The van der Waals surface area contributed by atoms with Gasteiger partial charge < -0.3 is 0 Å². The molecule has 3 heterocycles. The summed E-state index contributed by atoms with van der Waals surface area (Å²) in [6.07, 6.45) is 4.15. The quantitative estimate of drug-likeness (QED) is 0.457. The van der Waals surface area contributed by atoms with Crippen molar-refractivity contribution in [2.75, 3.05) is 11.4 Å². The standard InChI is InChI=1S/C23H22FN5O/c1-23(2,3)14-28(15-30)20-13-17(10-12-25-20)22-21(16-6-8-18(24)9-7-16)27-19-5-4-11-26-29(19)22/h4-13,15H,14H2,1-3H3. The predicted octanol–water partition coefficient (Wildman–Crippen LogP) is 4.61. The molecule has 0 atom stereocenters. The second-order valence-electron chi connectivity index (χ2n) is 8.31. The number of hydrogen-bond donors (Lipinski definition) is 0. The SMILES string of the molecule is CC(C)(C)CN(C=O)c1cc(-c2c(-c3ccc(F)cc3)nc3cccnn23)ccn1. The van der Waals surface area contributed by atoms with E-state index in [9.17, 15) is 9.18 Å². The van der Waals surface area contributed by atoms with Crippen molar-refractivity contribution in [1.82, 2.24) is 19.6 Å². The molecule has 3 aromatic heterocycles. The molecule has 152 valence electrons. The van der Waals surface area contributed by atoms with Gasteiger partial charge in [0.25, 0.3) is 0 Å². The van der Waals surface area contributed by atoms with Crippen LogP contribution in [0.25, 0.3) is 28.2 Å². The molecule has 0 saturated heterocycles. The van der Waals surface area contributed by atoms with Gasteiger partial charge in [-0.25, -0.2) is 18.9 Å². The van der Waals surface area contributed by atoms with Crippen molar-refractivity contribution in [3.63, 3.8) is 0 Å². The van der Waals surface area contributed by atoms with Crippen LogP contribution < -0.4 is 4.90 Å². The molecule has 30 heavy (non-hydrogen) atoms. The summed E-state index contributed by atoms with van der Waals surface area (Å²) in [4.78, 5) is 22.4. The number of benzene rings is 1. The number of anilines is 1. The van der Waals surface area contributed by atoms with Gasteiger partial charge in [-0.05, 0) is 53.9 Å². The minimum Gasteiger partial charge on any atom is -0.299 e. The Morgan fingerprint density at radius 2 is 1.83 bits per heavy atom. The van der Waals surface area contributed by atoms with Gasteiger partial charge in [-0.1, -0.05) is 20.8 Å². The highest BCUT2D eigenvalue weighted by Crippen LogP contribution is 2.33. The smallest absolute Gasteiger partial charge is 0.215 e. The molecule has 0 fully saturated rings. The number of fused-ring (bicyclic) bond motifs is 1. The Labute approximate surface area is 174 Å². The number of nitrogens with zero attached hydrogens (tertiary/aromatic N) is 5. The van der Waals surface area contributed by atoms with E-state index in [1.165, 1.54) is 12.1 Å². The second-order valence-corrected chi connectivity index (χ2v) is 8.31. The van der Waals surface area contributed by atoms with E-state index in [0.717, 1.165) is 23.2 Å². The summed E-state index contributed by atoms with van der Waals surface area (Å²) in [6.45, 7) is 6.72. The molecule has 0 radical (unpaired) electrons. The van der Waals surface area contributed by atoms with E-state index >= 15 is 0 Å². The molecule has 6 nitrogen and oxygen atoms in total. The van der Waals surface area contributed by atoms with Crippen LogP contribution in [0.1, 0.15) is 20.8 Å². The van der Waals surface area contributed by atoms with Crippen LogP contribution in [-0.2, 0) is 4.79 Å². The van der Waals surface area contributed by atoms with Crippen LogP contribution in [0.2, 0.25) is 0 Å². The molecular formula is C23H22FN5O. The largest absolute Gasteiger partial charge is 0.299 e. The number of amides is 1. The number of pyridine rings is 1. The number of hydrogen-bond acceptors (Lipinski definition) is 4. The Balaban J connectivity index is 1.88. The molecule has 1 amide bonds. The molecule has 4 aromatic rings. The predicted molar refractivity (Wildman–Crippen MR) is 114 cm³/mol. The number of carbonyl (C=O) groups excluding carboxylic acids is 1. The molecule has 7 heteroatoms. The summed E-state index contributed by atoms with van der Waals surface area (Å²) >= 11 is 0. The van der Waals surface area contributed by atoms with Gasteiger partial charge in [0.05, 0.1) is 5.69 Å². The minimum absolute atomic E-state index is 0.0806. The Kier molecular flexibility index (Phi) is 5.03. The maximum atomic E-state index is 13.5. The first-order chi connectivity index (χ1) is 14.4. The van der Waals surface area contributed by atoms with E-state index in [0.29, 0.717) is 23.7 Å². The summed E-state index contributed by atoms with van der Waals surface area (Å²) in [6, 6.07) is 13.6. The van der Waals surface area contributed by atoms with Gasteiger partial charge in [0, 0.05) is 30.1 Å². The van der Waals surface area contributed by atoms with Gasteiger partial charge in [-0.3, -0.25) is 9.69 Å². The number of rotatable bonds is 5. The Hall–Kier alpha value is -3.61. The van der Waals surface area contributed by atoms with Crippen molar-refractivity contribution in [3.05, 3.63) is 66.7 Å². The molecule has 0 spiro atoms. The second kappa shape index (κ2) is 7.67. The highest BCUT2D eigenvalue weighted by atomic mass is 19.1. The van der Waals surface area contributed by atoms with Crippen LogP contribution in [0.3, 0.4) is 0 Å². The number of imidazole rings is 1. The van der Waals surface area contributed by atoms with Gasteiger partial charge in [0.15, 0.2) is 5.65 Å². The zero-order valence-electron chi connectivity index (χ0n) is 17.1. The van der Waals surface area contributed by atoms with Crippen LogP contribution >= 0.6 is 0 Å². The first-order valence-corrected chi connectivity index (χ1v) is 9.64. The van der Waals surface area contributed by atoms with Crippen molar-refractivity contribution < 1.29 is 9.18 Å². The van der Waals surface area contributed by atoms with Gasteiger partial charge in [0.1, 0.15) is 17.3 Å². The lowest BCUT2D eigenvalue weighted by Gasteiger charge is -2.26. The average molecular weight is 403 g/mol. The Morgan fingerprint density at radius 3 is 2.53 bits per heavy atom. The summed E-state index contributed by atoms with van der Waals surface area (Å²) in [5.41, 5.74) is 3.61. The minimum atomic E-state index is -0.308. The summed E-state index contributed by atoms with van der Waals surface area (Å²) < 4.78 is 15.2. The fraction of sp³-hybridized carbons (Fsp3) is 0.217. The van der Waals surface area contributed by atoms with E-state index in [1.54, 1.807) is 33.9 Å². The van der Waals surface area contributed by atoms with Crippen LogP contribution in [0.4, 0.5) is 10.2 Å².